The van der Waals surface area contributed by atoms with Crippen LogP contribution in [0.2, 0.25) is 0 Å². The first-order chi connectivity index (χ1) is 14.6. The van der Waals surface area contributed by atoms with E-state index in [9.17, 15) is 9.90 Å². The van der Waals surface area contributed by atoms with E-state index >= 15 is 0 Å². The van der Waals surface area contributed by atoms with Crippen LogP contribution in [0.4, 0.5) is 0 Å². The molecule has 0 amide bonds. The highest BCUT2D eigenvalue weighted by atomic mass is 16.5. The zero-order chi connectivity index (χ0) is 21.0. The summed E-state index contributed by atoms with van der Waals surface area (Å²) < 4.78 is 5.78. The van der Waals surface area contributed by atoms with Crippen molar-refractivity contribution >= 4 is 5.97 Å². The number of aliphatic hydroxyl groups is 1. The van der Waals surface area contributed by atoms with Gasteiger partial charge < -0.3 is 9.84 Å². The summed E-state index contributed by atoms with van der Waals surface area (Å²) in [6.07, 6.45) is 4.86. The van der Waals surface area contributed by atoms with Gasteiger partial charge in [0.25, 0.3) is 0 Å². The van der Waals surface area contributed by atoms with Crippen molar-refractivity contribution in [2.24, 2.45) is 11.8 Å². The summed E-state index contributed by atoms with van der Waals surface area (Å²) in [6, 6.07) is 20.2. The summed E-state index contributed by atoms with van der Waals surface area (Å²) in [6.45, 7) is 4.52. The minimum Gasteiger partial charge on any atom is -0.463 e. The molecule has 0 spiro atoms. The maximum absolute atomic E-state index is 13.2. The van der Waals surface area contributed by atoms with Crippen LogP contribution in [0, 0.1) is 11.8 Å². The first kappa shape index (κ1) is 21.1. The molecule has 3 atom stereocenters. The van der Waals surface area contributed by atoms with Crippen LogP contribution in [0.5, 0.6) is 0 Å². The van der Waals surface area contributed by atoms with Crippen molar-refractivity contribution < 1.29 is 14.6 Å². The van der Waals surface area contributed by atoms with Gasteiger partial charge in [0.1, 0.15) is 0 Å². The molecule has 4 nitrogen and oxygen atoms in total. The predicted molar refractivity (Wildman–Crippen MR) is 118 cm³/mol. The maximum atomic E-state index is 13.2. The summed E-state index contributed by atoms with van der Waals surface area (Å²) >= 11 is 0. The molecule has 0 bridgehead atoms. The number of carbonyl (C=O) groups is 1. The van der Waals surface area contributed by atoms with E-state index in [4.69, 9.17) is 4.74 Å². The lowest BCUT2D eigenvalue weighted by molar-refractivity contribution is -0.175. The molecular formula is C26H33NO3. The molecule has 0 radical (unpaired) electrons. The van der Waals surface area contributed by atoms with Gasteiger partial charge in [-0.2, -0.15) is 0 Å². The smallest absolute Gasteiger partial charge is 0.343 e. The second-order valence-electron chi connectivity index (χ2n) is 8.95. The van der Waals surface area contributed by atoms with Gasteiger partial charge in [-0.3, -0.25) is 4.90 Å². The van der Waals surface area contributed by atoms with E-state index in [1.165, 1.54) is 5.56 Å². The van der Waals surface area contributed by atoms with Gasteiger partial charge in [-0.05, 0) is 43.9 Å². The van der Waals surface area contributed by atoms with Gasteiger partial charge in [0, 0.05) is 24.4 Å². The van der Waals surface area contributed by atoms with Crippen LogP contribution in [0.1, 0.15) is 56.2 Å². The molecule has 4 rings (SSSR count). The molecule has 1 saturated heterocycles. The molecule has 2 aliphatic rings. The summed E-state index contributed by atoms with van der Waals surface area (Å²) in [7, 11) is 0. The molecule has 1 aliphatic heterocycles. The van der Waals surface area contributed by atoms with Crippen molar-refractivity contribution in [2.45, 2.75) is 50.7 Å². The lowest BCUT2D eigenvalue weighted by atomic mass is 9.80. The molecule has 0 aromatic heterocycles. The Morgan fingerprint density at radius 3 is 2.37 bits per heavy atom. The number of hydrogen-bond acceptors (Lipinski definition) is 4. The van der Waals surface area contributed by atoms with Gasteiger partial charge in [0.15, 0.2) is 5.60 Å². The number of rotatable bonds is 7. The lowest BCUT2D eigenvalue weighted by Crippen LogP contribution is -2.44. The topological polar surface area (TPSA) is 49.8 Å². The summed E-state index contributed by atoms with van der Waals surface area (Å²) in [5, 5.41) is 11.5. The Bertz CT molecular complexity index is 819. The van der Waals surface area contributed by atoms with E-state index in [0.717, 1.165) is 45.2 Å². The quantitative estimate of drug-likeness (QED) is 0.677. The van der Waals surface area contributed by atoms with Crippen LogP contribution in [0.3, 0.4) is 0 Å². The maximum Gasteiger partial charge on any atom is 0.343 e. The minimum absolute atomic E-state index is 0.0643. The van der Waals surface area contributed by atoms with Gasteiger partial charge in [-0.1, -0.05) is 73.5 Å². The van der Waals surface area contributed by atoms with Crippen LogP contribution < -0.4 is 0 Å². The Morgan fingerprint density at radius 2 is 1.70 bits per heavy atom. The monoisotopic (exact) mass is 407 g/mol. The summed E-state index contributed by atoms with van der Waals surface area (Å²) in [5.74, 6) is -0.232. The molecule has 1 N–H and O–H groups in total. The average molecular weight is 408 g/mol. The molecule has 2 unspecified atom stereocenters. The van der Waals surface area contributed by atoms with Crippen molar-refractivity contribution in [2.75, 3.05) is 19.7 Å². The first-order valence-electron chi connectivity index (χ1n) is 11.3. The predicted octanol–water partition coefficient (Wildman–Crippen LogP) is 4.69. The van der Waals surface area contributed by atoms with Crippen LogP contribution in [0.25, 0.3) is 0 Å². The third kappa shape index (κ3) is 4.30. The highest BCUT2D eigenvalue weighted by Crippen LogP contribution is 2.41. The van der Waals surface area contributed by atoms with E-state index < -0.39 is 11.6 Å². The first-order valence-corrected chi connectivity index (χ1v) is 11.3. The van der Waals surface area contributed by atoms with E-state index in [1.807, 2.05) is 36.4 Å². The second kappa shape index (κ2) is 9.32. The van der Waals surface area contributed by atoms with Gasteiger partial charge in [0.2, 0.25) is 0 Å². The fraction of sp³-hybridized carbons (Fsp3) is 0.500. The van der Waals surface area contributed by atoms with Gasteiger partial charge in [-0.15, -0.1) is 0 Å². The molecule has 1 aliphatic carbocycles. The standard InChI is InChI=1S/C26H33NO3/c1-20(22-10-4-2-5-11-22)27-17-16-21(18-27)19-30-25(28)26(29,24-14-8-9-15-24)23-12-6-3-7-13-23/h2-7,10-13,20-21,24,29H,8-9,14-19H2,1H3/t20-,21?,26?/m1/s1. The van der Waals surface area contributed by atoms with Crippen molar-refractivity contribution in [3.63, 3.8) is 0 Å². The minimum atomic E-state index is -1.53. The molecule has 2 aromatic carbocycles. The van der Waals surface area contributed by atoms with Crippen LogP contribution in [-0.2, 0) is 15.1 Å². The van der Waals surface area contributed by atoms with Crippen molar-refractivity contribution in [1.29, 1.82) is 0 Å². The second-order valence-corrected chi connectivity index (χ2v) is 8.95. The van der Waals surface area contributed by atoms with Crippen molar-refractivity contribution in [1.82, 2.24) is 4.90 Å². The SMILES string of the molecule is C[C@H](c1ccccc1)N1CCC(COC(=O)C(O)(c2ccccc2)C2CCCC2)C1. The van der Waals surface area contributed by atoms with Crippen molar-refractivity contribution in [3.8, 4) is 0 Å². The Balaban J connectivity index is 1.38. The Hall–Kier alpha value is -2.17. The normalized spacial score (nSPS) is 23.2. The van der Waals surface area contributed by atoms with Crippen LogP contribution >= 0.6 is 0 Å². The van der Waals surface area contributed by atoms with E-state index in [1.54, 1.807) is 0 Å². The average Bonchev–Trinajstić information content (AvgIpc) is 3.50. The summed E-state index contributed by atoms with van der Waals surface area (Å²) in [4.78, 5) is 15.6. The zero-order valence-corrected chi connectivity index (χ0v) is 17.9. The Labute approximate surface area is 179 Å². The molecule has 30 heavy (non-hydrogen) atoms. The van der Waals surface area contributed by atoms with Crippen LogP contribution in [0.15, 0.2) is 60.7 Å². The number of esters is 1. The fourth-order valence-corrected chi connectivity index (χ4v) is 5.15. The van der Waals surface area contributed by atoms with E-state index in [2.05, 4.69) is 36.1 Å². The highest BCUT2D eigenvalue weighted by molar-refractivity contribution is 5.81. The summed E-state index contributed by atoms with van der Waals surface area (Å²) in [5.41, 5.74) is 0.440. The fourth-order valence-electron chi connectivity index (χ4n) is 5.15. The number of likely N-dealkylation sites (tertiary alicyclic amines) is 1. The lowest BCUT2D eigenvalue weighted by Gasteiger charge is -2.32. The van der Waals surface area contributed by atoms with E-state index in [0.29, 0.717) is 24.1 Å². The van der Waals surface area contributed by atoms with Gasteiger partial charge in [-0.25, -0.2) is 4.79 Å². The number of carbonyl (C=O) groups excluding carboxylic acids is 1. The molecule has 160 valence electrons. The third-order valence-corrected chi connectivity index (χ3v) is 7.07. The largest absolute Gasteiger partial charge is 0.463 e. The molecule has 2 aromatic rings. The van der Waals surface area contributed by atoms with Crippen molar-refractivity contribution in [3.05, 3.63) is 71.8 Å². The number of benzene rings is 2. The Kier molecular flexibility index (Phi) is 6.55. The number of ether oxygens (including phenoxy) is 1. The van der Waals surface area contributed by atoms with E-state index in [-0.39, 0.29) is 5.92 Å². The Morgan fingerprint density at radius 1 is 1.07 bits per heavy atom. The molecule has 1 heterocycles. The highest BCUT2D eigenvalue weighted by Gasteiger charge is 2.48. The van der Waals surface area contributed by atoms with Gasteiger partial charge in [0.05, 0.1) is 6.61 Å². The molecule has 4 heteroatoms. The third-order valence-electron chi connectivity index (χ3n) is 7.07. The van der Waals surface area contributed by atoms with Gasteiger partial charge >= 0.3 is 5.97 Å². The molecule has 1 saturated carbocycles. The molecule has 2 fully saturated rings. The number of nitrogens with zero attached hydrogens (tertiary/aromatic N) is 1. The number of hydrogen-bond donors (Lipinski definition) is 1. The molecular weight excluding hydrogens is 374 g/mol. The zero-order valence-electron chi connectivity index (χ0n) is 17.9. The van der Waals surface area contributed by atoms with Crippen LogP contribution in [-0.4, -0.2) is 35.7 Å².